The Bertz CT molecular complexity index is 543. The van der Waals surface area contributed by atoms with Crippen LogP contribution in [0.5, 0.6) is 5.75 Å². The quantitative estimate of drug-likeness (QED) is 0.414. The maximum atomic E-state index is 6.09. The molecule has 0 saturated carbocycles. The van der Waals surface area contributed by atoms with Gasteiger partial charge in [0.1, 0.15) is 5.75 Å². The van der Waals surface area contributed by atoms with Crippen molar-refractivity contribution in [2.45, 2.75) is 6.04 Å². The van der Waals surface area contributed by atoms with Crippen LogP contribution in [0.25, 0.3) is 0 Å². The first-order valence-electron chi connectivity index (χ1n) is 7.29. The van der Waals surface area contributed by atoms with Gasteiger partial charge in [-0.05, 0) is 32.3 Å². The second kappa shape index (κ2) is 9.51. The molecule has 0 amide bonds. The summed E-state index contributed by atoms with van der Waals surface area (Å²) in [6, 6.07) is 5.80. The maximum Gasteiger partial charge on any atom is 0.193 e. The van der Waals surface area contributed by atoms with E-state index >= 15 is 0 Å². The van der Waals surface area contributed by atoms with E-state index in [4.69, 9.17) is 22.1 Å². The van der Waals surface area contributed by atoms with E-state index in [1.807, 2.05) is 6.07 Å². The summed E-state index contributed by atoms with van der Waals surface area (Å²) in [6.07, 6.45) is 0. The number of nitrogens with one attached hydrogen (secondary N) is 1. The summed E-state index contributed by atoms with van der Waals surface area (Å²) < 4.78 is 5.12. The van der Waals surface area contributed by atoms with Crippen molar-refractivity contribution in [2.75, 3.05) is 52.7 Å². The van der Waals surface area contributed by atoms with Crippen LogP contribution in [0.3, 0.4) is 0 Å². The summed E-state index contributed by atoms with van der Waals surface area (Å²) in [5.41, 5.74) is 6.75. The molecule has 0 aliphatic carbocycles. The van der Waals surface area contributed by atoms with Gasteiger partial charge >= 0.3 is 0 Å². The first-order chi connectivity index (χ1) is 10.5. The fraction of sp³-hybridized carbons (Fsp3) is 0.533. The number of hydrogen-bond acceptors (Lipinski definition) is 4. The Hall–Kier alpha value is -0.770. The van der Waals surface area contributed by atoms with Gasteiger partial charge in [0.05, 0.1) is 18.7 Å². The summed E-state index contributed by atoms with van der Waals surface area (Å²) in [7, 11) is 5.84. The average Bonchev–Trinajstić information content (AvgIpc) is 2.48. The van der Waals surface area contributed by atoms with Crippen LogP contribution in [0.15, 0.2) is 23.2 Å². The van der Waals surface area contributed by atoms with Crippen molar-refractivity contribution in [1.82, 2.24) is 9.80 Å². The highest BCUT2D eigenvalue weighted by Gasteiger charge is 2.21. The lowest BCUT2D eigenvalue weighted by Crippen LogP contribution is -2.51. The number of nitrogens with two attached hydrogens (primary N) is 1. The molecule has 1 aromatic carbocycles. The van der Waals surface area contributed by atoms with Crippen LogP contribution in [0.1, 0.15) is 0 Å². The van der Waals surface area contributed by atoms with Gasteiger partial charge in [-0.25, -0.2) is 0 Å². The third-order valence-electron chi connectivity index (χ3n) is 3.88. The van der Waals surface area contributed by atoms with Crippen molar-refractivity contribution >= 4 is 47.2 Å². The highest BCUT2D eigenvalue weighted by Crippen LogP contribution is 2.27. The fourth-order valence-corrected chi connectivity index (χ4v) is 2.69. The third kappa shape index (κ3) is 5.98. The summed E-state index contributed by atoms with van der Waals surface area (Å²) in [5, 5.41) is 3.59. The van der Waals surface area contributed by atoms with E-state index in [1.165, 1.54) is 0 Å². The van der Waals surface area contributed by atoms with Gasteiger partial charge in [-0.1, -0.05) is 11.6 Å². The Morgan fingerprint density at radius 2 is 2.17 bits per heavy atom. The monoisotopic (exact) mass is 453 g/mol. The van der Waals surface area contributed by atoms with Gasteiger partial charge in [0.15, 0.2) is 5.96 Å². The second-order valence-corrected chi connectivity index (χ2v) is 6.00. The van der Waals surface area contributed by atoms with Gasteiger partial charge in [-0.3, -0.25) is 9.89 Å². The van der Waals surface area contributed by atoms with E-state index in [0.717, 1.165) is 25.3 Å². The highest BCUT2D eigenvalue weighted by molar-refractivity contribution is 14.0. The van der Waals surface area contributed by atoms with Crippen molar-refractivity contribution < 1.29 is 4.74 Å². The lowest BCUT2D eigenvalue weighted by atomic mass is 10.2. The topological polar surface area (TPSA) is 66.1 Å². The third-order valence-corrected chi connectivity index (χ3v) is 4.17. The van der Waals surface area contributed by atoms with E-state index in [1.54, 1.807) is 19.2 Å². The number of likely N-dealkylation sites (N-methyl/N-ethyl adjacent to an activating group) is 2. The molecule has 1 aromatic rings. The lowest BCUT2D eigenvalue weighted by Gasteiger charge is -2.36. The molecule has 0 radical (unpaired) electrons. The Labute approximate surface area is 160 Å². The lowest BCUT2D eigenvalue weighted by molar-refractivity contribution is 0.119. The smallest absolute Gasteiger partial charge is 0.193 e. The summed E-state index contributed by atoms with van der Waals surface area (Å²) in [6.45, 7) is 3.82. The molecule has 1 unspecified atom stereocenters. The van der Waals surface area contributed by atoms with Crippen molar-refractivity contribution in [1.29, 1.82) is 0 Å². The van der Waals surface area contributed by atoms with Crippen LogP contribution in [0.2, 0.25) is 5.02 Å². The normalized spacial score (nSPS) is 20.0. The molecule has 1 atom stereocenters. The molecule has 1 fully saturated rings. The Morgan fingerprint density at radius 1 is 1.43 bits per heavy atom. The molecule has 3 N–H and O–H groups in total. The number of benzene rings is 1. The minimum absolute atomic E-state index is 0. The molecule has 1 aliphatic rings. The summed E-state index contributed by atoms with van der Waals surface area (Å²) in [5.74, 6) is 1.03. The molecule has 130 valence electrons. The molecule has 1 saturated heterocycles. The Balaban J connectivity index is 0.00000264. The SMILES string of the molecule is COc1ccc(NC(N)=NCC2CN(C)CCN2C)cc1Cl.I. The van der Waals surface area contributed by atoms with E-state index in [2.05, 4.69) is 34.2 Å². The summed E-state index contributed by atoms with van der Waals surface area (Å²) in [4.78, 5) is 9.07. The van der Waals surface area contributed by atoms with Crippen LogP contribution in [0, 0.1) is 0 Å². The zero-order valence-electron chi connectivity index (χ0n) is 13.8. The van der Waals surface area contributed by atoms with E-state index < -0.39 is 0 Å². The van der Waals surface area contributed by atoms with Crippen molar-refractivity contribution in [3.05, 3.63) is 23.2 Å². The van der Waals surface area contributed by atoms with Gasteiger partial charge in [-0.2, -0.15) is 0 Å². The van der Waals surface area contributed by atoms with Crippen LogP contribution >= 0.6 is 35.6 Å². The van der Waals surface area contributed by atoms with Gasteiger partial charge < -0.3 is 20.7 Å². The van der Waals surface area contributed by atoms with Crippen molar-refractivity contribution in [2.24, 2.45) is 10.7 Å². The largest absolute Gasteiger partial charge is 0.495 e. The number of halogens is 2. The van der Waals surface area contributed by atoms with Gasteiger partial charge in [0.2, 0.25) is 0 Å². The molecule has 23 heavy (non-hydrogen) atoms. The number of piperazine rings is 1. The van der Waals surface area contributed by atoms with E-state index in [9.17, 15) is 0 Å². The van der Waals surface area contributed by atoms with Crippen LogP contribution < -0.4 is 15.8 Å². The minimum atomic E-state index is 0. The predicted octanol–water partition coefficient (Wildman–Crippen LogP) is 1.94. The first-order valence-corrected chi connectivity index (χ1v) is 7.66. The average molecular weight is 454 g/mol. The molecule has 0 bridgehead atoms. The molecular formula is C15H25ClIN5O. The number of aliphatic imine (C=N–C) groups is 1. The molecule has 8 heteroatoms. The number of ether oxygens (including phenoxy) is 1. The molecule has 2 rings (SSSR count). The molecule has 6 nitrogen and oxygen atoms in total. The Morgan fingerprint density at radius 3 is 2.83 bits per heavy atom. The number of anilines is 1. The van der Waals surface area contributed by atoms with Gasteiger partial charge in [0.25, 0.3) is 0 Å². The highest BCUT2D eigenvalue weighted by atomic mass is 127. The molecule has 0 aromatic heterocycles. The minimum Gasteiger partial charge on any atom is -0.495 e. The van der Waals surface area contributed by atoms with E-state index in [-0.39, 0.29) is 24.0 Å². The standard InChI is InChI=1S/C15H24ClN5O.HI/c1-20-6-7-21(2)12(10-20)9-18-15(17)19-11-4-5-14(22-3)13(16)8-11;/h4-5,8,12H,6-7,9-10H2,1-3H3,(H3,17,18,19);1H. The molecule has 1 heterocycles. The van der Waals surface area contributed by atoms with Gasteiger partial charge in [-0.15, -0.1) is 24.0 Å². The predicted molar refractivity (Wildman–Crippen MR) is 107 cm³/mol. The second-order valence-electron chi connectivity index (χ2n) is 5.60. The zero-order chi connectivity index (χ0) is 16.1. The maximum absolute atomic E-state index is 6.09. The van der Waals surface area contributed by atoms with Crippen LogP contribution in [0.4, 0.5) is 5.69 Å². The zero-order valence-corrected chi connectivity index (χ0v) is 16.8. The van der Waals surface area contributed by atoms with Gasteiger partial charge in [0, 0.05) is 31.4 Å². The molecule has 1 aliphatic heterocycles. The number of nitrogens with zero attached hydrogens (tertiary/aromatic N) is 3. The van der Waals surface area contributed by atoms with Crippen molar-refractivity contribution in [3.8, 4) is 5.75 Å². The number of methoxy groups -OCH3 is 1. The molecule has 0 spiro atoms. The number of guanidine groups is 1. The first kappa shape index (κ1) is 20.3. The van der Waals surface area contributed by atoms with E-state index in [0.29, 0.717) is 29.3 Å². The fourth-order valence-electron chi connectivity index (χ4n) is 2.43. The van der Waals surface area contributed by atoms with Crippen LogP contribution in [-0.2, 0) is 0 Å². The number of rotatable bonds is 4. The van der Waals surface area contributed by atoms with Crippen LogP contribution in [-0.4, -0.2) is 69.2 Å². The molecular weight excluding hydrogens is 429 g/mol. The Kier molecular flexibility index (Phi) is 8.38. The number of hydrogen-bond donors (Lipinski definition) is 2. The summed E-state index contributed by atoms with van der Waals surface area (Å²) >= 11 is 6.09. The van der Waals surface area contributed by atoms with Crippen molar-refractivity contribution in [3.63, 3.8) is 0 Å².